The van der Waals surface area contributed by atoms with Crippen LogP contribution in [0.15, 0.2) is 0 Å². The summed E-state index contributed by atoms with van der Waals surface area (Å²) in [6.45, 7) is 6.40. The first kappa shape index (κ1) is 8.42. The molecule has 61 valence electrons. The molecule has 2 heteroatoms. The molecule has 0 aromatic carbocycles. The maximum absolute atomic E-state index is 3.09. The van der Waals surface area contributed by atoms with Crippen molar-refractivity contribution >= 4 is 0 Å². The summed E-state index contributed by atoms with van der Waals surface area (Å²) >= 11 is 0. The molecular weight excluding hydrogens is 136 g/mol. The topological polar surface area (TPSA) is 6.48 Å². The molecule has 0 spiro atoms. The molecule has 0 amide bonds. The first-order chi connectivity index (χ1) is 5.33. The van der Waals surface area contributed by atoms with E-state index in [1.165, 1.54) is 0 Å². The Morgan fingerprint density at radius 3 is 2.36 bits per heavy atom. The molecule has 0 bridgehead atoms. The van der Waals surface area contributed by atoms with Gasteiger partial charge in [-0.2, -0.15) is 0 Å². The maximum Gasteiger partial charge on any atom is 0.0388 e. The zero-order chi connectivity index (χ0) is 8.10. The Morgan fingerprint density at radius 2 is 1.82 bits per heavy atom. The van der Waals surface area contributed by atoms with Crippen molar-refractivity contribution in [2.24, 2.45) is 0 Å². The minimum Gasteiger partial charge on any atom is -0.330 e. The van der Waals surface area contributed by atoms with Crippen LogP contribution in [-0.2, 0) is 0 Å². The summed E-state index contributed by atoms with van der Waals surface area (Å²) in [5.74, 6) is 2.97. The van der Waals surface area contributed by atoms with Crippen molar-refractivity contribution in [1.29, 1.82) is 0 Å². The van der Waals surface area contributed by atoms with E-state index in [9.17, 15) is 0 Å². The molecule has 0 N–H and O–H groups in total. The Hall–Kier alpha value is -0.680. The molecule has 1 radical (unpaired) electrons. The number of nitrogens with zero attached hydrogens (tertiary/aromatic N) is 2. The molecule has 1 aliphatic rings. The van der Waals surface area contributed by atoms with E-state index >= 15 is 0 Å². The van der Waals surface area contributed by atoms with Gasteiger partial charge >= 0.3 is 0 Å². The van der Waals surface area contributed by atoms with Crippen LogP contribution < -0.4 is 0 Å². The third-order valence-electron chi connectivity index (χ3n) is 1.87. The van der Waals surface area contributed by atoms with Crippen molar-refractivity contribution < 1.29 is 0 Å². The molecule has 1 rings (SSSR count). The number of hydrogen-bond donors (Lipinski definition) is 0. The van der Waals surface area contributed by atoms with Crippen molar-refractivity contribution in [1.82, 2.24) is 9.80 Å². The third-order valence-corrected chi connectivity index (χ3v) is 1.87. The Morgan fingerprint density at radius 1 is 1.18 bits per heavy atom. The molecule has 1 aliphatic heterocycles. The Labute approximate surface area is 69.2 Å². The number of hydrogen-bond acceptors (Lipinski definition) is 2. The lowest BCUT2D eigenvalue weighted by atomic mass is 10.3. The van der Waals surface area contributed by atoms with E-state index in [0.717, 1.165) is 26.2 Å². The molecule has 0 unspecified atom stereocenters. The molecule has 1 heterocycles. The Bertz CT molecular complexity index is 158. The van der Waals surface area contributed by atoms with Gasteiger partial charge in [-0.1, -0.05) is 12.8 Å². The Balaban J connectivity index is 2.28. The highest BCUT2D eigenvalue weighted by Crippen LogP contribution is 1.96. The molecule has 2 nitrogen and oxygen atoms in total. The van der Waals surface area contributed by atoms with Gasteiger partial charge in [-0.05, 0) is 7.05 Å². The van der Waals surface area contributed by atoms with Gasteiger partial charge in [0.05, 0.1) is 0 Å². The van der Waals surface area contributed by atoms with Crippen LogP contribution in [0.2, 0.25) is 0 Å². The summed E-state index contributed by atoms with van der Waals surface area (Å²) < 4.78 is 0. The van der Waals surface area contributed by atoms with Crippen LogP contribution in [0.5, 0.6) is 0 Å². The normalized spacial score (nSPS) is 19.3. The van der Waals surface area contributed by atoms with Gasteiger partial charge < -0.3 is 9.80 Å². The summed E-state index contributed by atoms with van der Waals surface area (Å²) in [5, 5.41) is 0. The van der Waals surface area contributed by atoms with E-state index < -0.39 is 0 Å². The highest BCUT2D eigenvalue weighted by molar-refractivity contribution is 5.07. The summed E-state index contributed by atoms with van der Waals surface area (Å²) in [7, 11) is 2.15. The first-order valence-corrected chi connectivity index (χ1v) is 4.05. The zero-order valence-corrected chi connectivity index (χ0v) is 7.30. The van der Waals surface area contributed by atoms with Crippen molar-refractivity contribution in [3.8, 4) is 12.0 Å². The summed E-state index contributed by atoms with van der Waals surface area (Å²) in [4.78, 5) is 4.51. The van der Waals surface area contributed by atoms with Gasteiger partial charge in [-0.15, -0.1) is 0 Å². The molecule has 0 saturated carbocycles. The van der Waals surface area contributed by atoms with Crippen LogP contribution in [0.4, 0.5) is 0 Å². The lowest BCUT2D eigenvalue weighted by molar-refractivity contribution is 0.207. The van der Waals surface area contributed by atoms with Crippen molar-refractivity contribution in [3.63, 3.8) is 0 Å². The summed E-state index contributed by atoms with van der Waals surface area (Å²) in [6.07, 6.45) is 1.89. The average molecular weight is 151 g/mol. The average Bonchev–Trinajstić information content (AvgIpc) is 2.04. The predicted molar refractivity (Wildman–Crippen MR) is 46.8 cm³/mol. The molecule has 1 fully saturated rings. The standard InChI is InChI=1S/C9H15N2/c1-3-4-5-11-8-6-10(2)7-9-11/h3H,6-9H2,1-2H3. The van der Waals surface area contributed by atoms with Crippen molar-refractivity contribution in [2.75, 3.05) is 33.2 Å². The molecule has 0 aromatic heterocycles. The maximum atomic E-state index is 3.09. The second-order valence-corrected chi connectivity index (χ2v) is 2.84. The van der Waals surface area contributed by atoms with Gasteiger partial charge in [0.15, 0.2) is 0 Å². The monoisotopic (exact) mass is 151 g/mol. The lowest BCUT2D eigenvalue weighted by Gasteiger charge is -2.29. The smallest absolute Gasteiger partial charge is 0.0388 e. The largest absolute Gasteiger partial charge is 0.330 e. The summed E-state index contributed by atoms with van der Waals surface area (Å²) in [6, 6.07) is 3.09. The van der Waals surface area contributed by atoms with E-state index in [1.54, 1.807) is 0 Å². The first-order valence-electron chi connectivity index (χ1n) is 4.05. The second-order valence-electron chi connectivity index (χ2n) is 2.84. The van der Waals surface area contributed by atoms with Crippen LogP contribution in [-0.4, -0.2) is 43.0 Å². The fourth-order valence-corrected chi connectivity index (χ4v) is 1.07. The molecule has 11 heavy (non-hydrogen) atoms. The van der Waals surface area contributed by atoms with Crippen LogP contribution in [0.3, 0.4) is 0 Å². The van der Waals surface area contributed by atoms with Gasteiger partial charge in [0.1, 0.15) is 0 Å². The van der Waals surface area contributed by atoms with Crippen molar-refractivity contribution in [3.05, 3.63) is 6.42 Å². The SMILES string of the molecule is C[CH]C#CN1CCN(C)CC1. The number of likely N-dealkylation sites (N-methyl/N-ethyl adjacent to an activating group) is 1. The quantitative estimate of drug-likeness (QED) is 0.463. The highest BCUT2D eigenvalue weighted by atomic mass is 15.2. The van der Waals surface area contributed by atoms with Crippen LogP contribution >= 0.6 is 0 Å². The second kappa shape index (κ2) is 4.25. The van der Waals surface area contributed by atoms with Crippen LogP contribution in [0.25, 0.3) is 0 Å². The van der Waals surface area contributed by atoms with Gasteiger partial charge in [-0.25, -0.2) is 0 Å². The minimum absolute atomic E-state index is 1.08. The number of rotatable bonds is 0. The zero-order valence-electron chi connectivity index (χ0n) is 7.30. The minimum atomic E-state index is 1.08. The van der Waals surface area contributed by atoms with E-state index in [4.69, 9.17) is 0 Å². The predicted octanol–water partition coefficient (Wildman–Crippen LogP) is 0.419. The van der Waals surface area contributed by atoms with Crippen LogP contribution in [0.1, 0.15) is 6.92 Å². The number of piperazine rings is 1. The highest BCUT2D eigenvalue weighted by Gasteiger charge is 2.09. The molecule has 0 aliphatic carbocycles. The van der Waals surface area contributed by atoms with Crippen LogP contribution in [0, 0.1) is 18.4 Å². The fourth-order valence-electron chi connectivity index (χ4n) is 1.07. The third kappa shape index (κ3) is 2.81. The van der Waals surface area contributed by atoms with E-state index in [1.807, 2.05) is 13.3 Å². The molecule has 1 saturated heterocycles. The van der Waals surface area contributed by atoms with Gasteiger partial charge in [0.2, 0.25) is 0 Å². The molecule has 0 atom stereocenters. The van der Waals surface area contributed by atoms with Gasteiger partial charge in [0, 0.05) is 38.6 Å². The van der Waals surface area contributed by atoms with E-state index in [-0.39, 0.29) is 0 Å². The van der Waals surface area contributed by atoms with E-state index in [0.29, 0.717) is 0 Å². The lowest BCUT2D eigenvalue weighted by Crippen LogP contribution is -2.42. The molecule has 0 aromatic rings. The summed E-state index contributed by atoms with van der Waals surface area (Å²) in [5.41, 5.74) is 0. The molecular formula is C9H15N2. The fraction of sp³-hybridized carbons (Fsp3) is 0.667. The van der Waals surface area contributed by atoms with E-state index in [2.05, 4.69) is 28.8 Å². The van der Waals surface area contributed by atoms with Crippen molar-refractivity contribution in [2.45, 2.75) is 6.92 Å². The van der Waals surface area contributed by atoms with Gasteiger partial charge in [-0.3, -0.25) is 0 Å². The Kier molecular flexibility index (Phi) is 3.25. The van der Waals surface area contributed by atoms with Gasteiger partial charge in [0.25, 0.3) is 0 Å².